The van der Waals surface area contributed by atoms with E-state index in [-0.39, 0.29) is 29.8 Å². The molecule has 6 nitrogen and oxygen atoms in total. The fourth-order valence-corrected chi connectivity index (χ4v) is 3.53. The fraction of sp³-hybridized carbons (Fsp3) is 0.500. The van der Waals surface area contributed by atoms with Gasteiger partial charge >= 0.3 is 0 Å². The van der Waals surface area contributed by atoms with Gasteiger partial charge in [0.1, 0.15) is 18.2 Å². The number of nitrogens with zero attached hydrogens (tertiary/aromatic N) is 3. The molecule has 0 N–H and O–H groups in total. The van der Waals surface area contributed by atoms with E-state index >= 15 is 0 Å². The van der Waals surface area contributed by atoms with Crippen LogP contribution in [0, 0.1) is 11.2 Å². The van der Waals surface area contributed by atoms with Gasteiger partial charge in [0.05, 0.1) is 6.04 Å². The Morgan fingerprint density at radius 1 is 1.30 bits per heavy atom. The third kappa shape index (κ3) is 4.20. The number of carbonyl (C=O) groups excluding carboxylic acids is 1. The zero-order chi connectivity index (χ0) is 19.4. The molecular formula is C20H26FN3O3. The maximum Gasteiger partial charge on any atom is 0.249 e. The normalized spacial score (nSPS) is 18.4. The molecule has 1 aliphatic rings. The van der Waals surface area contributed by atoms with E-state index in [1.807, 2.05) is 10.8 Å². The lowest BCUT2D eigenvalue weighted by molar-refractivity contribution is -0.158. The Bertz CT molecular complexity index is 773. The molecule has 1 amide bonds. The molecule has 1 atom stereocenters. The number of ether oxygens (including phenoxy) is 2. The lowest BCUT2D eigenvalue weighted by atomic mass is 9.74. The van der Waals surface area contributed by atoms with Crippen LogP contribution in [0.15, 0.2) is 36.7 Å². The molecule has 0 saturated carbocycles. The Balaban J connectivity index is 1.73. The van der Waals surface area contributed by atoms with E-state index in [0.29, 0.717) is 19.8 Å². The topological polar surface area (TPSA) is 56.6 Å². The van der Waals surface area contributed by atoms with E-state index in [9.17, 15) is 9.18 Å². The van der Waals surface area contributed by atoms with E-state index in [1.54, 1.807) is 30.3 Å². The Labute approximate surface area is 158 Å². The Morgan fingerprint density at radius 2 is 2.04 bits per heavy atom. The van der Waals surface area contributed by atoms with Crippen LogP contribution in [0.4, 0.5) is 4.39 Å². The summed E-state index contributed by atoms with van der Waals surface area (Å²) in [7, 11) is 1.64. The minimum atomic E-state index is -0.285. The molecule has 2 aromatic rings. The summed E-state index contributed by atoms with van der Waals surface area (Å²) in [5.41, 5.74) is 0.712. The molecule has 3 rings (SSSR count). The molecule has 0 bridgehead atoms. The number of rotatable bonds is 8. The highest BCUT2D eigenvalue weighted by Crippen LogP contribution is 2.48. The van der Waals surface area contributed by atoms with Gasteiger partial charge in [-0.2, -0.15) is 0 Å². The zero-order valence-electron chi connectivity index (χ0n) is 16.0. The summed E-state index contributed by atoms with van der Waals surface area (Å²) in [6.07, 6.45) is 4.30. The smallest absolute Gasteiger partial charge is 0.249 e. The van der Waals surface area contributed by atoms with E-state index in [2.05, 4.69) is 18.8 Å². The van der Waals surface area contributed by atoms with Crippen molar-refractivity contribution >= 4 is 5.91 Å². The molecule has 1 aromatic carbocycles. The van der Waals surface area contributed by atoms with E-state index in [1.165, 1.54) is 12.1 Å². The SMILES string of the molecule is COCCCOCC(=O)N1CC(C)(C)C1c1nccn1-c1ccc(F)cc1. The molecule has 0 aliphatic carbocycles. The second-order valence-corrected chi connectivity index (χ2v) is 7.44. The van der Waals surface area contributed by atoms with Crippen molar-refractivity contribution in [2.24, 2.45) is 5.41 Å². The van der Waals surface area contributed by atoms with Crippen molar-refractivity contribution in [1.29, 1.82) is 0 Å². The predicted octanol–water partition coefficient (Wildman–Crippen LogP) is 2.97. The number of imidazole rings is 1. The van der Waals surface area contributed by atoms with Crippen molar-refractivity contribution < 1.29 is 18.7 Å². The molecule has 7 heteroatoms. The van der Waals surface area contributed by atoms with Crippen molar-refractivity contribution in [2.75, 3.05) is 33.5 Å². The number of halogens is 1. The van der Waals surface area contributed by atoms with E-state index in [4.69, 9.17) is 9.47 Å². The standard InChI is InChI=1S/C20H26FN3O3/c1-20(2)14-24(17(25)13-27-12-4-11-26-3)18(20)19-22-9-10-23(19)16-7-5-15(21)6-8-16/h5-10,18H,4,11-14H2,1-3H3. The van der Waals surface area contributed by atoms with Gasteiger partial charge in [-0.05, 0) is 30.7 Å². The lowest BCUT2D eigenvalue weighted by Crippen LogP contribution is -2.59. The van der Waals surface area contributed by atoms with Crippen LogP contribution in [0.1, 0.15) is 32.1 Å². The highest BCUT2D eigenvalue weighted by Gasteiger charge is 2.50. The molecule has 1 fully saturated rings. The van der Waals surface area contributed by atoms with Crippen LogP contribution >= 0.6 is 0 Å². The van der Waals surface area contributed by atoms with Gasteiger partial charge in [0.15, 0.2) is 0 Å². The van der Waals surface area contributed by atoms with Crippen molar-refractivity contribution in [3.63, 3.8) is 0 Å². The first-order valence-corrected chi connectivity index (χ1v) is 9.09. The van der Waals surface area contributed by atoms with Crippen molar-refractivity contribution in [2.45, 2.75) is 26.3 Å². The largest absolute Gasteiger partial charge is 0.385 e. The van der Waals surface area contributed by atoms with Crippen LogP contribution in [-0.4, -0.2) is 53.8 Å². The first-order chi connectivity index (χ1) is 12.9. The van der Waals surface area contributed by atoms with Gasteiger partial charge in [0.25, 0.3) is 0 Å². The molecule has 27 heavy (non-hydrogen) atoms. The van der Waals surface area contributed by atoms with Crippen molar-refractivity contribution in [1.82, 2.24) is 14.5 Å². The predicted molar refractivity (Wildman–Crippen MR) is 99.1 cm³/mol. The van der Waals surface area contributed by atoms with Gasteiger partial charge < -0.3 is 18.9 Å². The molecular weight excluding hydrogens is 349 g/mol. The average molecular weight is 375 g/mol. The quantitative estimate of drug-likeness (QED) is 0.666. The number of benzene rings is 1. The van der Waals surface area contributed by atoms with Gasteiger partial charge in [0.2, 0.25) is 5.91 Å². The van der Waals surface area contributed by atoms with E-state index < -0.39 is 0 Å². The Hall–Kier alpha value is -2.25. The highest BCUT2D eigenvalue weighted by atomic mass is 19.1. The summed E-state index contributed by atoms with van der Waals surface area (Å²) in [6, 6.07) is 6.09. The summed E-state index contributed by atoms with van der Waals surface area (Å²) < 4.78 is 25.6. The van der Waals surface area contributed by atoms with Crippen LogP contribution in [0.25, 0.3) is 5.69 Å². The second-order valence-electron chi connectivity index (χ2n) is 7.44. The summed E-state index contributed by atoms with van der Waals surface area (Å²) >= 11 is 0. The molecule has 1 aliphatic heterocycles. The number of amides is 1. The fourth-order valence-electron chi connectivity index (χ4n) is 3.53. The number of carbonyl (C=O) groups is 1. The molecule has 1 aromatic heterocycles. The average Bonchev–Trinajstić information content (AvgIpc) is 3.08. The maximum atomic E-state index is 13.3. The third-order valence-corrected chi connectivity index (χ3v) is 4.83. The van der Waals surface area contributed by atoms with Crippen molar-refractivity contribution in [3.05, 3.63) is 48.3 Å². The van der Waals surface area contributed by atoms with Gasteiger partial charge in [0, 0.05) is 50.4 Å². The second kappa shape index (κ2) is 8.19. The molecule has 1 unspecified atom stereocenters. The summed E-state index contributed by atoms with van der Waals surface area (Å²) in [5, 5.41) is 0. The highest BCUT2D eigenvalue weighted by molar-refractivity contribution is 5.79. The van der Waals surface area contributed by atoms with E-state index in [0.717, 1.165) is 17.9 Å². The summed E-state index contributed by atoms with van der Waals surface area (Å²) in [5.74, 6) is 0.433. The number of hydrogen-bond acceptors (Lipinski definition) is 4. The number of aromatic nitrogens is 2. The van der Waals surface area contributed by atoms with Crippen LogP contribution in [-0.2, 0) is 14.3 Å². The lowest BCUT2D eigenvalue weighted by Gasteiger charge is -2.53. The van der Waals surface area contributed by atoms with Crippen LogP contribution in [0.3, 0.4) is 0 Å². The van der Waals surface area contributed by atoms with Gasteiger partial charge in [-0.3, -0.25) is 4.79 Å². The molecule has 0 radical (unpaired) electrons. The Morgan fingerprint density at radius 3 is 2.70 bits per heavy atom. The van der Waals surface area contributed by atoms with Gasteiger partial charge in [-0.1, -0.05) is 13.8 Å². The number of likely N-dealkylation sites (tertiary alicyclic amines) is 1. The summed E-state index contributed by atoms with van der Waals surface area (Å²) in [4.78, 5) is 18.9. The first kappa shape index (κ1) is 19.5. The number of methoxy groups -OCH3 is 1. The molecule has 2 heterocycles. The third-order valence-electron chi connectivity index (χ3n) is 4.83. The zero-order valence-corrected chi connectivity index (χ0v) is 16.0. The van der Waals surface area contributed by atoms with Gasteiger partial charge in [-0.15, -0.1) is 0 Å². The number of hydrogen-bond donors (Lipinski definition) is 0. The molecule has 0 spiro atoms. The monoisotopic (exact) mass is 375 g/mol. The molecule has 1 saturated heterocycles. The van der Waals surface area contributed by atoms with Crippen LogP contribution < -0.4 is 0 Å². The first-order valence-electron chi connectivity index (χ1n) is 9.09. The maximum absolute atomic E-state index is 13.3. The van der Waals surface area contributed by atoms with Gasteiger partial charge in [-0.25, -0.2) is 9.37 Å². The van der Waals surface area contributed by atoms with Crippen molar-refractivity contribution in [3.8, 4) is 5.69 Å². The minimum Gasteiger partial charge on any atom is -0.385 e. The summed E-state index contributed by atoms with van der Waals surface area (Å²) in [6.45, 7) is 6.03. The van der Waals surface area contributed by atoms with Crippen LogP contribution in [0.5, 0.6) is 0 Å². The Kier molecular flexibility index (Phi) is 5.92. The minimum absolute atomic E-state index is 0.0492. The molecule has 146 valence electrons. The van der Waals surface area contributed by atoms with Crippen LogP contribution in [0.2, 0.25) is 0 Å².